The Kier molecular flexibility index (Phi) is 3.88. The van der Waals surface area contributed by atoms with Gasteiger partial charge in [0.25, 0.3) is 0 Å². The van der Waals surface area contributed by atoms with E-state index in [2.05, 4.69) is 17.1 Å². The summed E-state index contributed by atoms with van der Waals surface area (Å²) < 4.78 is 0. The summed E-state index contributed by atoms with van der Waals surface area (Å²) in [5.41, 5.74) is 1.08. The van der Waals surface area contributed by atoms with Crippen molar-refractivity contribution >= 4 is 12.0 Å². The molecule has 1 aromatic rings. The van der Waals surface area contributed by atoms with Gasteiger partial charge < -0.3 is 10.2 Å². The second kappa shape index (κ2) is 5.80. The Balaban J connectivity index is 1.69. The van der Waals surface area contributed by atoms with Gasteiger partial charge in [0.05, 0.1) is 0 Å². The number of amides is 1. The lowest BCUT2D eigenvalue weighted by molar-refractivity contribution is -0.127. The molecule has 2 aliphatic rings. The van der Waals surface area contributed by atoms with Crippen molar-refractivity contribution in [2.24, 2.45) is 11.8 Å². The molecule has 0 saturated carbocycles. The van der Waals surface area contributed by atoms with Crippen molar-refractivity contribution in [2.45, 2.75) is 19.4 Å². The minimum atomic E-state index is 0.162. The standard InChI is InChI=1S/C17H22N2O/c1-2-16-15-11-18-10-14(15)12-19(16)17(20)9-8-13-6-4-3-5-7-13/h3-9,14-16,18H,2,10-12H2,1H3. The Morgan fingerprint density at radius 2 is 2.15 bits per heavy atom. The average molecular weight is 270 g/mol. The normalized spacial score (nSPS) is 29.1. The third kappa shape index (κ3) is 2.50. The van der Waals surface area contributed by atoms with Crippen molar-refractivity contribution in [1.82, 2.24) is 10.2 Å². The number of nitrogens with one attached hydrogen (secondary N) is 1. The van der Waals surface area contributed by atoms with Gasteiger partial charge in [-0.3, -0.25) is 4.79 Å². The van der Waals surface area contributed by atoms with Crippen LogP contribution in [0.4, 0.5) is 0 Å². The zero-order chi connectivity index (χ0) is 13.9. The number of carbonyl (C=O) groups is 1. The van der Waals surface area contributed by atoms with Gasteiger partial charge in [0.15, 0.2) is 0 Å². The van der Waals surface area contributed by atoms with Gasteiger partial charge in [0, 0.05) is 31.8 Å². The van der Waals surface area contributed by atoms with Crippen molar-refractivity contribution in [3.8, 4) is 0 Å². The minimum absolute atomic E-state index is 0.162. The minimum Gasteiger partial charge on any atom is -0.336 e. The van der Waals surface area contributed by atoms with E-state index in [1.807, 2.05) is 36.4 Å². The summed E-state index contributed by atoms with van der Waals surface area (Å²) in [4.78, 5) is 14.5. The highest BCUT2D eigenvalue weighted by Crippen LogP contribution is 2.34. The van der Waals surface area contributed by atoms with Gasteiger partial charge in [-0.25, -0.2) is 0 Å². The van der Waals surface area contributed by atoms with Crippen LogP contribution < -0.4 is 5.32 Å². The fourth-order valence-electron chi connectivity index (χ4n) is 3.63. The molecule has 2 saturated heterocycles. The molecule has 3 atom stereocenters. The quantitative estimate of drug-likeness (QED) is 0.854. The SMILES string of the molecule is CCC1C2CNCC2CN1C(=O)C=Cc1ccccc1. The van der Waals surface area contributed by atoms with Crippen molar-refractivity contribution in [2.75, 3.05) is 19.6 Å². The first-order valence-corrected chi connectivity index (χ1v) is 7.54. The Bertz CT molecular complexity index is 497. The van der Waals surface area contributed by atoms with E-state index < -0.39 is 0 Å². The Morgan fingerprint density at radius 3 is 2.90 bits per heavy atom. The summed E-state index contributed by atoms with van der Waals surface area (Å²) in [5.74, 6) is 1.46. The lowest BCUT2D eigenvalue weighted by atomic mass is 9.93. The van der Waals surface area contributed by atoms with Gasteiger partial charge in [-0.2, -0.15) is 0 Å². The van der Waals surface area contributed by atoms with Crippen molar-refractivity contribution in [1.29, 1.82) is 0 Å². The van der Waals surface area contributed by atoms with Crippen LogP contribution in [-0.2, 0) is 4.79 Å². The van der Waals surface area contributed by atoms with E-state index in [1.165, 1.54) is 0 Å². The Hall–Kier alpha value is -1.61. The molecule has 1 N–H and O–H groups in total. The zero-order valence-corrected chi connectivity index (χ0v) is 12.0. The maximum absolute atomic E-state index is 12.4. The number of hydrogen-bond donors (Lipinski definition) is 1. The Labute approximate surface area is 120 Å². The summed E-state index contributed by atoms with van der Waals surface area (Å²) in [6.45, 7) is 5.23. The van der Waals surface area contributed by atoms with Crippen molar-refractivity contribution in [3.05, 3.63) is 42.0 Å². The number of nitrogens with zero attached hydrogens (tertiary/aromatic N) is 1. The van der Waals surface area contributed by atoms with Crippen LogP contribution in [0.15, 0.2) is 36.4 Å². The fourth-order valence-corrected chi connectivity index (χ4v) is 3.63. The monoisotopic (exact) mass is 270 g/mol. The maximum atomic E-state index is 12.4. The molecular formula is C17H22N2O. The van der Waals surface area contributed by atoms with Crippen molar-refractivity contribution in [3.63, 3.8) is 0 Å². The molecule has 1 amide bonds. The smallest absolute Gasteiger partial charge is 0.246 e. The van der Waals surface area contributed by atoms with Gasteiger partial charge in [0.1, 0.15) is 0 Å². The molecule has 3 rings (SSSR count). The summed E-state index contributed by atoms with van der Waals surface area (Å²) >= 11 is 0. The van der Waals surface area contributed by atoms with Crippen LogP contribution in [-0.4, -0.2) is 36.5 Å². The summed E-state index contributed by atoms with van der Waals surface area (Å²) in [6, 6.07) is 10.4. The maximum Gasteiger partial charge on any atom is 0.246 e. The first-order chi connectivity index (χ1) is 9.79. The van der Waals surface area contributed by atoms with E-state index in [1.54, 1.807) is 6.08 Å². The molecule has 0 bridgehead atoms. The topological polar surface area (TPSA) is 32.3 Å². The second-order valence-corrected chi connectivity index (χ2v) is 5.79. The van der Waals surface area contributed by atoms with Crippen LogP contribution in [0.3, 0.4) is 0 Å². The molecule has 2 aliphatic heterocycles. The molecular weight excluding hydrogens is 248 g/mol. The molecule has 3 nitrogen and oxygen atoms in total. The van der Waals surface area contributed by atoms with Crippen LogP contribution in [0.5, 0.6) is 0 Å². The largest absolute Gasteiger partial charge is 0.336 e. The van der Waals surface area contributed by atoms with Crippen LogP contribution in [0.25, 0.3) is 6.08 Å². The molecule has 0 spiro atoms. The second-order valence-electron chi connectivity index (χ2n) is 5.79. The molecule has 3 unspecified atom stereocenters. The Morgan fingerprint density at radius 1 is 1.35 bits per heavy atom. The number of likely N-dealkylation sites (tertiary alicyclic amines) is 1. The first kappa shape index (κ1) is 13.4. The van der Waals surface area contributed by atoms with Crippen LogP contribution in [0.1, 0.15) is 18.9 Å². The van der Waals surface area contributed by atoms with Crippen LogP contribution in [0.2, 0.25) is 0 Å². The van der Waals surface area contributed by atoms with Gasteiger partial charge in [-0.05, 0) is 29.9 Å². The predicted octanol–water partition coefficient (Wildman–Crippen LogP) is 2.16. The molecule has 0 aromatic heterocycles. The van der Waals surface area contributed by atoms with E-state index in [4.69, 9.17) is 0 Å². The predicted molar refractivity (Wildman–Crippen MR) is 81.1 cm³/mol. The van der Waals surface area contributed by atoms with Crippen LogP contribution in [0, 0.1) is 11.8 Å². The molecule has 1 aromatic carbocycles. The van der Waals surface area contributed by atoms with E-state index in [0.29, 0.717) is 17.9 Å². The number of hydrogen-bond acceptors (Lipinski definition) is 2. The van der Waals surface area contributed by atoms with E-state index >= 15 is 0 Å². The first-order valence-electron chi connectivity index (χ1n) is 7.54. The number of rotatable bonds is 3. The lowest BCUT2D eigenvalue weighted by Crippen LogP contribution is -2.38. The molecule has 20 heavy (non-hydrogen) atoms. The highest BCUT2D eigenvalue weighted by molar-refractivity contribution is 5.92. The highest BCUT2D eigenvalue weighted by Gasteiger charge is 2.44. The summed E-state index contributed by atoms with van der Waals surface area (Å²) in [7, 11) is 0. The zero-order valence-electron chi connectivity index (χ0n) is 12.0. The van der Waals surface area contributed by atoms with Gasteiger partial charge in [-0.15, -0.1) is 0 Å². The summed E-state index contributed by atoms with van der Waals surface area (Å²) in [6.07, 6.45) is 4.70. The van der Waals surface area contributed by atoms with Crippen molar-refractivity contribution < 1.29 is 4.79 Å². The molecule has 0 aliphatic carbocycles. The number of benzene rings is 1. The molecule has 3 heteroatoms. The molecule has 2 heterocycles. The van der Waals surface area contributed by atoms with E-state index in [-0.39, 0.29) is 5.91 Å². The van der Waals surface area contributed by atoms with Gasteiger partial charge in [-0.1, -0.05) is 37.3 Å². The number of fused-ring (bicyclic) bond motifs is 1. The highest BCUT2D eigenvalue weighted by atomic mass is 16.2. The summed E-state index contributed by atoms with van der Waals surface area (Å²) in [5, 5.41) is 3.45. The molecule has 0 radical (unpaired) electrons. The van der Waals surface area contributed by atoms with Gasteiger partial charge >= 0.3 is 0 Å². The fraction of sp³-hybridized carbons (Fsp3) is 0.471. The average Bonchev–Trinajstić information content (AvgIpc) is 3.06. The van der Waals surface area contributed by atoms with Gasteiger partial charge in [0.2, 0.25) is 5.91 Å². The third-order valence-corrected chi connectivity index (χ3v) is 4.64. The van der Waals surface area contributed by atoms with Crippen LogP contribution >= 0.6 is 0 Å². The lowest BCUT2D eigenvalue weighted by Gasteiger charge is -2.25. The van der Waals surface area contributed by atoms with E-state index in [9.17, 15) is 4.79 Å². The molecule has 106 valence electrons. The number of carbonyl (C=O) groups excluding carboxylic acids is 1. The molecule has 2 fully saturated rings. The van der Waals surface area contributed by atoms with E-state index in [0.717, 1.165) is 31.6 Å². The third-order valence-electron chi connectivity index (χ3n) is 4.64.